The van der Waals surface area contributed by atoms with Gasteiger partial charge in [-0.3, -0.25) is 10.00 Å². The molecule has 0 amide bonds. The molecule has 1 aliphatic rings. The van der Waals surface area contributed by atoms with Gasteiger partial charge in [-0.25, -0.2) is 0 Å². The number of rotatable bonds is 4. The molecular formula is C23H23ClN4. The lowest BCUT2D eigenvalue weighted by molar-refractivity contribution is 0.204. The van der Waals surface area contributed by atoms with Crippen LogP contribution in [0.4, 0.5) is 0 Å². The molecule has 0 radical (unpaired) electrons. The summed E-state index contributed by atoms with van der Waals surface area (Å²) >= 11 is 6.33. The summed E-state index contributed by atoms with van der Waals surface area (Å²) in [6.07, 6.45) is 4.42. The topological polar surface area (TPSA) is 47.7 Å². The van der Waals surface area contributed by atoms with Gasteiger partial charge < -0.3 is 4.98 Å². The number of benzene rings is 2. The van der Waals surface area contributed by atoms with E-state index in [0.717, 1.165) is 54.4 Å². The van der Waals surface area contributed by atoms with Crippen molar-refractivity contribution in [3.8, 4) is 11.3 Å². The average Bonchev–Trinajstić information content (AvgIpc) is 3.37. The highest BCUT2D eigenvalue weighted by atomic mass is 35.5. The highest BCUT2D eigenvalue weighted by molar-refractivity contribution is 6.33. The van der Waals surface area contributed by atoms with Gasteiger partial charge in [-0.1, -0.05) is 48.0 Å². The maximum absolute atomic E-state index is 6.33. The number of hydrogen-bond acceptors (Lipinski definition) is 2. The highest BCUT2D eigenvalue weighted by Gasteiger charge is 2.23. The normalized spacial score (nSPS) is 16.0. The number of piperidine rings is 1. The third-order valence-electron chi connectivity index (χ3n) is 5.84. The van der Waals surface area contributed by atoms with E-state index in [2.05, 4.69) is 56.6 Å². The Labute approximate surface area is 169 Å². The number of nitrogens with zero attached hydrogens (tertiary/aromatic N) is 2. The Morgan fingerprint density at radius 1 is 1.04 bits per heavy atom. The van der Waals surface area contributed by atoms with E-state index in [0.29, 0.717) is 5.92 Å². The van der Waals surface area contributed by atoms with Crippen LogP contribution in [0.5, 0.6) is 0 Å². The molecule has 2 aromatic heterocycles. The zero-order valence-corrected chi connectivity index (χ0v) is 16.4. The molecule has 4 nitrogen and oxygen atoms in total. The van der Waals surface area contributed by atoms with Gasteiger partial charge in [-0.15, -0.1) is 0 Å². The number of H-pyrrole nitrogens is 2. The minimum absolute atomic E-state index is 0.506. The van der Waals surface area contributed by atoms with Crippen LogP contribution < -0.4 is 0 Å². The maximum Gasteiger partial charge on any atom is 0.0668 e. The van der Waals surface area contributed by atoms with Crippen molar-refractivity contribution in [2.45, 2.75) is 25.3 Å². The van der Waals surface area contributed by atoms with E-state index < -0.39 is 0 Å². The van der Waals surface area contributed by atoms with Gasteiger partial charge >= 0.3 is 0 Å². The van der Waals surface area contributed by atoms with E-state index in [-0.39, 0.29) is 0 Å². The van der Waals surface area contributed by atoms with Crippen LogP contribution in [0.1, 0.15) is 30.0 Å². The molecule has 1 fully saturated rings. The van der Waals surface area contributed by atoms with Crippen LogP contribution in [0.2, 0.25) is 5.02 Å². The van der Waals surface area contributed by atoms with Gasteiger partial charge in [0.15, 0.2) is 0 Å². The quantitative estimate of drug-likeness (QED) is 0.477. The molecule has 0 saturated carbocycles. The van der Waals surface area contributed by atoms with Gasteiger partial charge in [0.2, 0.25) is 0 Å². The fraction of sp³-hybridized carbons (Fsp3) is 0.261. The van der Waals surface area contributed by atoms with Crippen LogP contribution >= 0.6 is 11.6 Å². The number of halogens is 1. The lowest BCUT2D eigenvalue weighted by Crippen LogP contribution is -2.32. The first-order chi connectivity index (χ1) is 13.8. The summed E-state index contributed by atoms with van der Waals surface area (Å²) in [5.74, 6) is 0.506. The molecule has 142 valence electrons. The summed E-state index contributed by atoms with van der Waals surface area (Å²) in [7, 11) is 0. The van der Waals surface area contributed by atoms with Crippen molar-refractivity contribution in [3.05, 3.63) is 77.1 Å². The van der Waals surface area contributed by atoms with Crippen LogP contribution in [-0.2, 0) is 6.54 Å². The third kappa shape index (κ3) is 3.34. The summed E-state index contributed by atoms with van der Waals surface area (Å²) in [4.78, 5) is 5.93. The van der Waals surface area contributed by atoms with Crippen molar-refractivity contribution < 1.29 is 0 Å². The van der Waals surface area contributed by atoms with E-state index in [1.165, 1.54) is 16.5 Å². The van der Waals surface area contributed by atoms with E-state index in [9.17, 15) is 0 Å². The molecule has 0 aliphatic carbocycles. The molecule has 5 rings (SSSR count). The van der Waals surface area contributed by atoms with Crippen LogP contribution in [0.25, 0.3) is 22.2 Å². The second kappa shape index (κ2) is 7.46. The number of likely N-dealkylation sites (tertiary alicyclic amines) is 1. The zero-order chi connectivity index (χ0) is 18.9. The fourth-order valence-electron chi connectivity index (χ4n) is 4.25. The maximum atomic E-state index is 6.33. The Hall–Kier alpha value is -2.56. The molecule has 0 spiro atoms. The highest BCUT2D eigenvalue weighted by Crippen LogP contribution is 2.32. The summed E-state index contributed by atoms with van der Waals surface area (Å²) in [5.41, 5.74) is 5.77. The first kappa shape index (κ1) is 17.5. The fourth-order valence-corrected chi connectivity index (χ4v) is 4.49. The minimum atomic E-state index is 0.506. The van der Waals surface area contributed by atoms with Gasteiger partial charge in [0, 0.05) is 40.1 Å². The second-order valence-corrected chi connectivity index (χ2v) is 8.00. The third-order valence-corrected chi connectivity index (χ3v) is 6.17. The van der Waals surface area contributed by atoms with Crippen molar-refractivity contribution in [2.75, 3.05) is 13.1 Å². The van der Waals surface area contributed by atoms with Crippen LogP contribution in [0.15, 0.2) is 60.8 Å². The van der Waals surface area contributed by atoms with Gasteiger partial charge in [-0.05, 0) is 49.7 Å². The molecule has 0 bridgehead atoms. The molecule has 1 saturated heterocycles. The Morgan fingerprint density at radius 2 is 1.82 bits per heavy atom. The SMILES string of the molecule is Clc1ccccc1-c1cc(C2CCN(Cc3c[nH]c4ccccc34)CC2)n[nH]1. The molecule has 28 heavy (non-hydrogen) atoms. The lowest BCUT2D eigenvalue weighted by Gasteiger charge is -2.31. The molecular weight excluding hydrogens is 368 g/mol. The van der Waals surface area contributed by atoms with Gasteiger partial charge in [0.25, 0.3) is 0 Å². The Balaban J connectivity index is 1.25. The number of hydrogen-bond donors (Lipinski definition) is 2. The van der Waals surface area contributed by atoms with Crippen molar-refractivity contribution in [2.24, 2.45) is 0 Å². The van der Waals surface area contributed by atoms with Crippen LogP contribution in [-0.4, -0.2) is 33.2 Å². The first-order valence-electron chi connectivity index (χ1n) is 9.85. The molecule has 3 heterocycles. The molecule has 1 aliphatic heterocycles. The Kier molecular flexibility index (Phi) is 4.67. The average molecular weight is 391 g/mol. The zero-order valence-electron chi connectivity index (χ0n) is 15.7. The van der Waals surface area contributed by atoms with Gasteiger partial charge in [0.1, 0.15) is 0 Å². The Morgan fingerprint density at radius 3 is 2.68 bits per heavy atom. The van der Waals surface area contributed by atoms with Crippen molar-refractivity contribution >= 4 is 22.5 Å². The number of fused-ring (bicyclic) bond motifs is 1. The first-order valence-corrected chi connectivity index (χ1v) is 10.2. The predicted octanol–water partition coefficient (Wildman–Crippen LogP) is 5.59. The number of aromatic amines is 2. The summed E-state index contributed by atoms with van der Waals surface area (Å²) < 4.78 is 0. The molecule has 0 unspecified atom stereocenters. The standard InChI is InChI=1S/C23H23ClN4/c24-20-7-3-1-6-19(20)23-13-22(26-27-23)16-9-11-28(12-10-16)15-17-14-25-21-8-4-2-5-18(17)21/h1-8,13-14,16,25H,9-12,15H2,(H,26,27). The molecule has 2 aromatic carbocycles. The second-order valence-electron chi connectivity index (χ2n) is 7.60. The largest absolute Gasteiger partial charge is 0.361 e. The molecule has 0 atom stereocenters. The Bertz CT molecular complexity index is 1090. The molecule has 2 N–H and O–H groups in total. The van der Waals surface area contributed by atoms with Crippen LogP contribution in [0, 0.1) is 0 Å². The monoisotopic (exact) mass is 390 g/mol. The van der Waals surface area contributed by atoms with Gasteiger partial charge in [0.05, 0.1) is 11.4 Å². The van der Waals surface area contributed by atoms with Crippen LogP contribution in [0.3, 0.4) is 0 Å². The van der Waals surface area contributed by atoms with E-state index in [4.69, 9.17) is 11.6 Å². The summed E-state index contributed by atoms with van der Waals surface area (Å²) in [6, 6.07) is 18.6. The number of nitrogens with one attached hydrogen (secondary N) is 2. The van der Waals surface area contributed by atoms with Crippen molar-refractivity contribution in [1.82, 2.24) is 20.1 Å². The molecule has 5 heteroatoms. The van der Waals surface area contributed by atoms with Crippen molar-refractivity contribution in [1.29, 1.82) is 0 Å². The molecule has 4 aromatic rings. The summed E-state index contributed by atoms with van der Waals surface area (Å²) in [5, 5.41) is 9.86. The summed E-state index contributed by atoms with van der Waals surface area (Å²) in [6.45, 7) is 3.19. The van der Waals surface area contributed by atoms with Gasteiger partial charge in [-0.2, -0.15) is 5.10 Å². The number of aromatic nitrogens is 3. The van der Waals surface area contributed by atoms with E-state index in [1.807, 2.05) is 24.3 Å². The number of para-hydroxylation sites is 1. The van der Waals surface area contributed by atoms with E-state index >= 15 is 0 Å². The van der Waals surface area contributed by atoms with Crippen molar-refractivity contribution in [3.63, 3.8) is 0 Å². The lowest BCUT2D eigenvalue weighted by atomic mass is 9.93. The minimum Gasteiger partial charge on any atom is -0.361 e. The predicted molar refractivity (Wildman–Crippen MR) is 115 cm³/mol. The van der Waals surface area contributed by atoms with E-state index in [1.54, 1.807) is 0 Å². The smallest absolute Gasteiger partial charge is 0.0668 e.